The first-order valence-corrected chi connectivity index (χ1v) is 4.82. The average molecular weight is 196 g/mol. The third-order valence-corrected chi connectivity index (χ3v) is 2.64. The molecule has 0 bridgehead atoms. The minimum atomic E-state index is 0.639. The number of fused-ring (bicyclic) bond motifs is 3. The first kappa shape index (κ1) is 8.27. The third-order valence-electron chi connectivity index (χ3n) is 2.64. The van der Waals surface area contributed by atoms with Crippen molar-refractivity contribution in [2.24, 2.45) is 0 Å². The Morgan fingerprint density at radius 2 is 2.13 bits per heavy atom. The zero-order valence-corrected chi connectivity index (χ0v) is 7.99. The molecule has 15 heavy (non-hydrogen) atoms. The molecule has 2 aromatic rings. The Kier molecular flexibility index (Phi) is 1.64. The largest absolute Gasteiger partial charge is 0.456 e. The van der Waals surface area contributed by atoms with Crippen molar-refractivity contribution in [1.29, 1.82) is 0 Å². The summed E-state index contributed by atoms with van der Waals surface area (Å²) in [4.78, 5) is 10.8. The first-order chi connectivity index (χ1) is 7.40. The fourth-order valence-corrected chi connectivity index (χ4v) is 1.97. The van der Waals surface area contributed by atoms with Gasteiger partial charge in [0.1, 0.15) is 17.3 Å². The van der Waals surface area contributed by atoms with Gasteiger partial charge in [0.15, 0.2) is 0 Å². The molecule has 0 saturated carbocycles. The van der Waals surface area contributed by atoms with E-state index in [0.29, 0.717) is 12.0 Å². The number of hydrogen-bond acceptors (Lipinski definition) is 2. The summed E-state index contributed by atoms with van der Waals surface area (Å²) in [6, 6.07) is 7.74. The maximum atomic E-state index is 10.8. The molecule has 0 fully saturated rings. The number of para-hydroxylation sites is 1. The highest BCUT2D eigenvalue weighted by Crippen LogP contribution is 2.35. The maximum Gasteiger partial charge on any atom is 0.136 e. The van der Waals surface area contributed by atoms with Crippen molar-refractivity contribution in [2.75, 3.05) is 0 Å². The van der Waals surface area contributed by atoms with Crippen molar-refractivity contribution in [2.45, 2.75) is 6.42 Å². The smallest absolute Gasteiger partial charge is 0.136 e. The van der Waals surface area contributed by atoms with E-state index in [2.05, 4.69) is 0 Å². The van der Waals surface area contributed by atoms with Crippen molar-refractivity contribution >= 4 is 28.6 Å². The molecule has 0 atom stereocenters. The van der Waals surface area contributed by atoms with E-state index >= 15 is 0 Å². The molecule has 0 N–H and O–H groups in total. The Morgan fingerprint density at radius 3 is 3.00 bits per heavy atom. The molecule has 0 spiro atoms. The standard InChI is InChI=1S/C13H8O2/c14-8-9-4-3-7-12-13(9)10-5-1-2-6-11(10)15-12/h1-3,5-7H,4H2. The normalized spacial score (nSPS) is 14.0. The van der Waals surface area contributed by atoms with E-state index in [1.165, 1.54) is 0 Å². The number of furan rings is 1. The van der Waals surface area contributed by atoms with Crippen molar-refractivity contribution < 1.29 is 9.21 Å². The van der Waals surface area contributed by atoms with Crippen molar-refractivity contribution in [3.63, 3.8) is 0 Å². The summed E-state index contributed by atoms with van der Waals surface area (Å²) >= 11 is 0. The van der Waals surface area contributed by atoms with Crippen molar-refractivity contribution in [3.8, 4) is 0 Å². The van der Waals surface area contributed by atoms with Gasteiger partial charge in [-0.3, -0.25) is 0 Å². The van der Waals surface area contributed by atoms with Crippen LogP contribution < -0.4 is 0 Å². The van der Waals surface area contributed by atoms with Crippen LogP contribution in [0.5, 0.6) is 0 Å². The molecule has 1 aliphatic rings. The van der Waals surface area contributed by atoms with Crippen LogP contribution in [0.15, 0.2) is 34.8 Å². The van der Waals surface area contributed by atoms with E-state index in [0.717, 1.165) is 22.3 Å². The molecule has 1 heterocycles. The van der Waals surface area contributed by atoms with Gasteiger partial charge >= 0.3 is 0 Å². The molecule has 1 aromatic carbocycles. The molecular formula is C13H8O2. The second kappa shape index (κ2) is 2.97. The Labute approximate surface area is 86.5 Å². The third kappa shape index (κ3) is 1.09. The SMILES string of the molecule is O=C=C1CC=Cc2oc3ccccc3c21. The van der Waals surface area contributed by atoms with Crippen LogP contribution in [-0.4, -0.2) is 5.94 Å². The minimum absolute atomic E-state index is 0.639. The summed E-state index contributed by atoms with van der Waals surface area (Å²) in [6.07, 6.45) is 4.47. The van der Waals surface area contributed by atoms with E-state index in [1.54, 1.807) is 0 Å². The molecule has 0 unspecified atom stereocenters. The molecule has 3 rings (SSSR count). The molecule has 0 amide bonds. The molecule has 72 valence electrons. The van der Waals surface area contributed by atoms with Gasteiger partial charge in [-0.15, -0.1) is 0 Å². The molecule has 0 saturated heterocycles. The number of carbonyl (C=O) groups excluding carboxylic acids is 1. The summed E-state index contributed by atoms with van der Waals surface area (Å²) in [6.45, 7) is 0. The Balaban J connectivity index is 2.47. The highest BCUT2D eigenvalue weighted by atomic mass is 16.3. The van der Waals surface area contributed by atoms with Crippen molar-refractivity contribution in [3.05, 3.63) is 41.7 Å². The number of hydrogen-bond donors (Lipinski definition) is 0. The van der Waals surface area contributed by atoms with Crippen LogP contribution in [0.4, 0.5) is 0 Å². The van der Waals surface area contributed by atoms with Crippen LogP contribution in [0, 0.1) is 0 Å². The average Bonchev–Trinajstić information content (AvgIpc) is 2.67. The second-order valence-electron chi connectivity index (χ2n) is 3.52. The molecule has 1 aromatic heterocycles. The minimum Gasteiger partial charge on any atom is -0.456 e. The van der Waals surface area contributed by atoms with Gasteiger partial charge in [0.05, 0.1) is 5.57 Å². The number of benzene rings is 1. The number of allylic oxidation sites excluding steroid dienone is 2. The predicted octanol–water partition coefficient (Wildman–Crippen LogP) is 3.06. The van der Waals surface area contributed by atoms with Crippen LogP contribution in [-0.2, 0) is 4.79 Å². The molecule has 2 heteroatoms. The lowest BCUT2D eigenvalue weighted by Gasteiger charge is -2.03. The lowest BCUT2D eigenvalue weighted by atomic mass is 9.96. The number of rotatable bonds is 0. The Hall–Kier alpha value is -2.05. The maximum absolute atomic E-state index is 10.8. The van der Waals surface area contributed by atoms with Crippen molar-refractivity contribution in [1.82, 2.24) is 0 Å². The van der Waals surface area contributed by atoms with Gasteiger partial charge in [0.2, 0.25) is 0 Å². The monoisotopic (exact) mass is 196 g/mol. The fourth-order valence-electron chi connectivity index (χ4n) is 1.97. The Morgan fingerprint density at radius 1 is 1.27 bits per heavy atom. The van der Waals surface area contributed by atoms with Gasteiger partial charge in [-0.1, -0.05) is 24.3 Å². The topological polar surface area (TPSA) is 30.2 Å². The zero-order valence-electron chi connectivity index (χ0n) is 7.99. The zero-order chi connectivity index (χ0) is 10.3. The summed E-state index contributed by atoms with van der Waals surface area (Å²) in [5, 5.41) is 0.996. The van der Waals surface area contributed by atoms with Crippen LogP contribution in [0.25, 0.3) is 22.6 Å². The fraction of sp³-hybridized carbons (Fsp3) is 0.0769. The Bertz CT molecular complexity index is 610. The highest BCUT2D eigenvalue weighted by Gasteiger charge is 2.18. The van der Waals surface area contributed by atoms with Gasteiger partial charge in [-0.05, 0) is 12.1 Å². The summed E-state index contributed by atoms with van der Waals surface area (Å²) in [5.41, 5.74) is 2.40. The van der Waals surface area contributed by atoms with Gasteiger partial charge in [-0.25, -0.2) is 4.79 Å². The first-order valence-electron chi connectivity index (χ1n) is 4.82. The van der Waals surface area contributed by atoms with Crippen LogP contribution >= 0.6 is 0 Å². The summed E-state index contributed by atoms with van der Waals surface area (Å²) < 4.78 is 5.64. The van der Waals surface area contributed by atoms with Crippen LogP contribution in [0.1, 0.15) is 17.7 Å². The molecular weight excluding hydrogens is 188 g/mol. The predicted molar refractivity (Wildman–Crippen MR) is 59.0 cm³/mol. The lowest BCUT2D eigenvalue weighted by molar-refractivity contribution is 0.568. The van der Waals surface area contributed by atoms with Gasteiger partial charge < -0.3 is 4.42 Å². The second-order valence-corrected chi connectivity index (χ2v) is 3.52. The molecule has 0 radical (unpaired) electrons. The summed E-state index contributed by atoms with van der Waals surface area (Å²) in [5.74, 6) is 2.76. The summed E-state index contributed by atoms with van der Waals surface area (Å²) in [7, 11) is 0. The van der Waals surface area contributed by atoms with E-state index in [9.17, 15) is 4.79 Å². The van der Waals surface area contributed by atoms with Gasteiger partial charge in [0.25, 0.3) is 0 Å². The van der Waals surface area contributed by atoms with E-state index < -0.39 is 0 Å². The van der Waals surface area contributed by atoms with E-state index in [4.69, 9.17) is 4.42 Å². The van der Waals surface area contributed by atoms with Gasteiger partial charge in [-0.2, -0.15) is 0 Å². The van der Waals surface area contributed by atoms with Gasteiger partial charge in [0, 0.05) is 17.4 Å². The quantitative estimate of drug-likeness (QED) is 0.606. The van der Waals surface area contributed by atoms with Crippen LogP contribution in [0.3, 0.4) is 0 Å². The lowest BCUT2D eigenvalue weighted by Crippen LogP contribution is -1.89. The highest BCUT2D eigenvalue weighted by molar-refractivity contribution is 6.03. The van der Waals surface area contributed by atoms with E-state index in [-0.39, 0.29) is 0 Å². The molecule has 0 aliphatic heterocycles. The molecule has 1 aliphatic carbocycles. The van der Waals surface area contributed by atoms with E-state index in [1.807, 2.05) is 42.4 Å². The van der Waals surface area contributed by atoms with Crippen LogP contribution in [0.2, 0.25) is 0 Å². The molecule has 2 nitrogen and oxygen atoms in total.